The third kappa shape index (κ3) is 2.41. The molecule has 1 aliphatic rings. The zero-order valence-electron chi connectivity index (χ0n) is 12.5. The minimum atomic E-state index is -0.763. The first-order chi connectivity index (χ1) is 11.3. The Morgan fingerprint density at radius 3 is 2.09 bits per heavy atom. The SMILES string of the molecule is OC1c2ccccc2N=C(c2ccccc2)N1c1ccccc1. The van der Waals surface area contributed by atoms with Crippen molar-refractivity contribution in [1.82, 2.24) is 0 Å². The van der Waals surface area contributed by atoms with E-state index in [-0.39, 0.29) is 0 Å². The molecule has 0 saturated heterocycles. The predicted molar refractivity (Wildman–Crippen MR) is 93.0 cm³/mol. The van der Waals surface area contributed by atoms with Crippen molar-refractivity contribution < 1.29 is 5.11 Å². The second-order valence-corrected chi connectivity index (χ2v) is 5.44. The molecule has 3 aromatic carbocycles. The second-order valence-electron chi connectivity index (χ2n) is 5.44. The third-order valence-electron chi connectivity index (χ3n) is 3.98. The number of aliphatic hydroxyl groups is 1. The van der Waals surface area contributed by atoms with Crippen molar-refractivity contribution >= 4 is 17.2 Å². The number of hydrogen-bond acceptors (Lipinski definition) is 3. The summed E-state index contributed by atoms with van der Waals surface area (Å²) in [5.41, 5.74) is 3.52. The molecule has 1 aliphatic heterocycles. The van der Waals surface area contributed by atoms with Crippen LogP contribution in [0.5, 0.6) is 0 Å². The van der Waals surface area contributed by atoms with E-state index in [4.69, 9.17) is 4.99 Å². The molecule has 3 aromatic rings. The number of amidine groups is 1. The fourth-order valence-corrected chi connectivity index (χ4v) is 2.87. The molecule has 0 radical (unpaired) electrons. The lowest BCUT2D eigenvalue weighted by atomic mass is 10.0. The van der Waals surface area contributed by atoms with Crippen molar-refractivity contribution in [1.29, 1.82) is 0 Å². The van der Waals surface area contributed by atoms with E-state index < -0.39 is 6.23 Å². The van der Waals surface area contributed by atoms with Crippen LogP contribution >= 0.6 is 0 Å². The van der Waals surface area contributed by atoms with Crippen LogP contribution in [0.15, 0.2) is 89.9 Å². The van der Waals surface area contributed by atoms with Crippen LogP contribution in [-0.4, -0.2) is 10.9 Å². The molecular formula is C20H16N2O. The molecule has 0 amide bonds. The van der Waals surface area contributed by atoms with Crippen LogP contribution in [0, 0.1) is 0 Å². The van der Waals surface area contributed by atoms with Crippen molar-refractivity contribution in [3.8, 4) is 0 Å². The van der Waals surface area contributed by atoms with Crippen molar-refractivity contribution in [3.63, 3.8) is 0 Å². The lowest BCUT2D eigenvalue weighted by Gasteiger charge is -2.35. The number of nitrogens with zero attached hydrogens (tertiary/aromatic N) is 2. The number of aliphatic hydroxyl groups excluding tert-OH is 1. The van der Waals surface area contributed by atoms with Gasteiger partial charge in [-0.25, -0.2) is 4.99 Å². The average Bonchev–Trinajstić information content (AvgIpc) is 2.63. The first-order valence-electron chi connectivity index (χ1n) is 7.60. The molecule has 23 heavy (non-hydrogen) atoms. The molecule has 0 aliphatic carbocycles. The fourth-order valence-electron chi connectivity index (χ4n) is 2.87. The van der Waals surface area contributed by atoms with Gasteiger partial charge in [0.2, 0.25) is 0 Å². The van der Waals surface area contributed by atoms with Crippen LogP contribution in [0.3, 0.4) is 0 Å². The molecule has 1 unspecified atom stereocenters. The number of fused-ring (bicyclic) bond motifs is 1. The van der Waals surface area contributed by atoms with E-state index in [0.717, 1.165) is 28.3 Å². The third-order valence-corrected chi connectivity index (χ3v) is 3.98. The van der Waals surface area contributed by atoms with E-state index in [1.54, 1.807) is 0 Å². The number of benzene rings is 3. The zero-order chi connectivity index (χ0) is 15.6. The van der Waals surface area contributed by atoms with Crippen LogP contribution < -0.4 is 4.90 Å². The average molecular weight is 300 g/mol. The molecule has 3 nitrogen and oxygen atoms in total. The first kappa shape index (κ1) is 13.7. The molecular weight excluding hydrogens is 284 g/mol. The molecule has 3 heteroatoms. The molecule has 0 aromatic heterocycles. The van der Waals surface area contributed by atoms with Gasteiger partial charge < -0.3 is 5.11 Å². The van der Waals surface area contributed by atoms with E-state index in [1.165, 1.54) is 0 Å². The zero-order valence-corrected chi connectivity index (χ0v) is 12.5. The maximum absolute atomic E-state index is 11.0. The van der Waals surface area contributed by atoms with Crippen LogP contribution in [0.4, 0.5) is 11.4 Å². The highest BCUT2D eigenvalue weighted by Gasteiger charge is 2.30. The van der Waals surface area contributed by atoms with Gasteiger partial charge in [-0.15, -0.1) is 0 Å². The van der Waals surface area contributed by atoms with E-state index in [1.807, 2.05) is 89.8 Å². The topological polar surface area (TPSA) is 35.8 Å². The maximum atomic E-state index is 11.0. The van der Waals surface area contributed by atoms with Gasteiger partial charge in [0.1, 0.15) is 5.84 Å². The Labute approximate surface area is 135 Å². The molecule has 1 heterocycles. The Bertz CT molecular complexity index is 844. The summed E-state index contributed by atoms with van der Waals surface area (Å²) in [6.45, 7) is 0. The van der Waals surface area contributed by atoms with E-state index >= 15 is 0 Å². The summed E-state index contributed by atoms with van der Waals surface area (Å²) in [5, 5.41) is 11.0. The Balaban J connectivity index is 1.93. The van der Waals surface area contributed by atoms with Crippen molar-refractivity contribution in [2.75, 3.05) is 4.90 Å². The van der Waals surface area contributed by atoms with E-state index in [9.17, 15) is 5.11 Å². The molecule has 0 saturated carbocycles. The van der Waals surface area contributed by atoms with Gasteiger partial charge >= 0.3 is 0 Å². The van der Waals surface area contributed by atoms with Gasteiger partial charge in [0.05, 0.1) is 5.69 Å². The highest BCUT2D eigenvalue weighted by molar-refractivity contribution is 6.12. The van der Waals surface area contributed by atoms with Crippen LogP contribution in [0.2, 0.25) is 0 Å². The Morgan fingerprint density at radius 1 is 0.739 bits per heavy atom. The molecule has 1 N–H and O–H groups in total. The van der Waals surface area contributed by atoms with E-state index in [2.05, 4.69) is 0 Å². The summed E-state index contributed by atoms with van der Waals surface area (Å²) in [6.07, 6.45) is -0.763. The fraction of sp³-hybridized carbons (Fsp3) is 0.0500. The smallest absolute Gasteiger partial charge is 0.160 e. The molecule has 4 rings (SSSR count). The first-order valence-corrected chi connectivity index (χ1v) is 7.60. The molecule has 0 bridgehead atoms. The van der Waals surface area contributed by atoms with Crippen molar-refractivity contribution in [2.45, 2.75) is 6.23 Å². The molecule has 1 atom stereocenters. The predicted octanol–water partition coefficient (Wildman–Crippen LogP) is 4.28. The number of anilines is 1. The van der Waals surface area contributed by atoms with Crippen molar-refractivity contribution in [3.05, 3.63) is 96.1 Å². The number of para-hydroxylation sites is 2. The minimum Gasteiger partial charge on any atom is -0.369 e. The standard InChI is InChI=1S/C20H16N2O/c23-20-17-13-7-8-14-18(17)21-19(15-9-3-1-4-10-15)22(20)16-11-5-2-6-12-16/h1-14,20,23H. The maximum Gasteiger partial charge on any atom is 0.160 e. The number of aliphatic imine (C=N–C) groups is 1. The highest BCUT2D eigenvalue weighted by Crippen LogP contribution is 2.37. The summed E-state index contributed by atoms with van der Waals surface area (Å²) in [5.74, 6) is 0.753. The quantitative estimate of drug-likeness (QED) is 0.767. The van der Waals surface area contributed by atoms with Crippen LogP contribution in [-0.2, 0) is 0 Å². The van der Waals surface area contributed by atoms with Gasteiger partial charge in [0, 0.05) is 16.8 Å². The molecule has 0 spiro atoms. The van der Waals surface area contributed by atoms with Gasteiger partial charge in [0.15, 0.2) is 6.23 Å². The Kier molecular flexibility index (Phi) is 3.41. The Morgan fingerprint density at radius 2 is 1.35 bits per heavy atom. The Hall–Kier alpha value is -2.91. The van der Waals surface area contributed by atoms with E-state index in [0.29, 0.717) is 0 Å². The largest absolute Gasteiger partial charge is 0.369 e. The molecule has 0 fully saturated rings. The number of rotatable bonds is 2. The van der Waals surface area contributed by atoms with Crippen molar-refractivity contribution in [2.24, 2.45) is 4.99 Å². The van der Waals surface area contributed by atoms with Crippen LogP contribution in [0.25, 0.3) is 0 Å². The lowest BCUT2D eigenvalue weighted by molar-refractivity contribution is 0.187. The van der Waals surface area contributed by atoms with Gasteiger partial charge in [-0.2, -0.15) is 0 Å². The van der Waals surface area contributed by atoms with Gasteiger partial charge in [-0.3, -0.25) is 4.90 Å². The summed E-state index contributed by atoms with van der Waals surface area (Å²) >= 11 is 0. The lowest BCUT2D eigenvalue weighted by Crippen LogP contribution is -2.37. The highest BCUT2D eigenvalue weighted by atomic mass is 16.3. The second kappa shape index (κ2) is 5.71. The summed E-state index contributed by atoms with van der Waals surface area (Å²) in [6, 6.07) is 27.5. The minimum absolute atomic E-state index is 0.753. The number of hydrogen-bond donors (Lipinski definition) is 1. The monoisotopic (exact) mass is 300 g/mol. The van der Waals surface area contributed by atoms with Gasteiger partial charge in [-0.1, -0.05) is 66.7 Å². The van der Waals surface area contributed by atoms with Gasteiger partial charge in [-0.05, 0) is 18.2 Å². The summed E-state index contributed by atoms with van der Waals surface area (Å²) in [7, 11) is 0. The summed E-state index contributed by atoms with van der Waals surface area (Å²) in [4.78, 5) is 6.68. The van der Waals surface area contributed by atoms with Crippen LogP contribution in [0.1, 0.15) is 17.4 Å². The van der Waals surface area contributed by atoms with Gasteiger partial charge in [0.25, 0.3) is 0 Å². The normalized spacial score (nSPS) is 16.7. The summed E-state index contributed by atoms with van der Waals surface area (Å²) < 4.78 is 0. The molecule has 112 valence electrons.